The van der Waals surface area contributed by atoms with Crippen molar-refractivity contribution in [3.05, 3.63) is 59.7 Å². The van der Waals surface area contributed by atoms with E-state index in [-0.39, 0.29) is 32.0 Å². The Morgan fingerprint density at radius 2 is 1.76 bits per heavy atom. The van der Waals surface area contributed by atoms with Crippen molar-refractivity contribution in [1.29, 1.82) is 0 Å². The van der Waals surface area contributed by atoms with Gasteiger partial charge in [-0.2, -0.15) is 0 Å². The number of carbonyl (C=O) groups is 2. The molecule has 280 valence electrons. The first-order valence-corrected chi connectivity index (χ1v) is 17.7. The molecule has 50 heavy (non-hydrogen) atoms. The maximum atomic E-state index is 13.2. The van der Waals surface area contributed by atoms with E-state index < -0.39 is 72.7 Å². The van der Waals surface area contributed by atoms with Crippen LogP contribution >= 0.6 is 0 Å². The van der Waals surface area contributed by atoms with Crippen LogP contribution in [0.25, 0.3) is 0 Å². The standard InChI is InChI=1S/C38H58N2O10/c1-8-32-29(21-42)18-23(2)14-15-30(39-47-22-27-12-10-9-11-13-27)24(3)19-28(16-17-41)37(25(4)31(43)20-33(44)49-32)50-38-36(46)34(40(6)7)35(45)26(5)48-38/h9-15,17-18,24-26,28-29,31-32,34-38,42-43,45-46H,8,16,19-22H2,1-7H3/b15-14+,23-18+,39-30+/t24-,25+,26-,28+,29?,31-,32-,34+,35-,36-,37-,38+/m1/s1. The Balaban J connectivity index is 2.07. The molecule has 1 fully saturated rings. The fourth-order valence-corrected chi connectivity index (χ4v) is 6.81. The summed E-state index contributed by atoms with van der Waals surface area (Å²) >= 11 is 0. The highest BCUT2D eigenvalue weighted by molar-refractivity contribution is 5.96. The fourth-order valence-electron chi connectivity index (χ4n) is 6.81. The van der Waals surface area contributed by atoms with Crippen LogP contribution in [0.4, 0.5) is 0 Å². The molecule has 1 unspecified atom stereocenters. The molecule has 0 aliphatic carbocycles. The van der Waals surface area contributed by atoms with E-state index in [1.807, 2.05) is 69.3 Å². The number of cyclic esters (lactones) is 1. The van der Waals surface area contributed by atoms with Crippen LogP contribution < -0.4 is 0 Å². The molecule has 0 radical (unpaired) electrons. The third-order valence-corrected chi connectivity index (χ3v) is 9.83. The zero-order valence-electron chi connectivity index (χ0n) is 30.5. The number of hydrogen-bond donors (Lipinski definition) is 4. The molecule has 0 saturated carbocycles. The van der Waals surface area contributed by atoms with Gasteiger partial charge in [-0.05, 0) is 58.3 Å². The lowest BCUT2D eigenvalue weighted by Crippen LogP contribution is -2.63. The molecule has 12 atom stereocenters. The van der Waals surface area contributed by atoms with E-state index in [0.717, 1.165) is 17.4 Å². The molecule has 1 aromatic rings. The number of likely N-dealkylation sites (N-methyl/N-ethyl adjacent to an activating group) is 1. The number of ether oxygens (including phenoxy) is 3. The zero-order valence-corrected chi connectivity index (χ0v) is 30.5. The largest absolute Gasteiger partial charge is 0.462 e. The van der Waals surface area contributed by atoms with Crippen LogP contribution in [0.5, 0.6) is 0 Å². The topological polar surface area (TPSA) is 168 Å². The van der Waals surface area contributed by atoms with Gasteiger partial charge in [-0.15, -0.1) is 0 Å². The van der Waals surface area contributed by atoms with E-state index in [1.165, 1.54) is 0 Å². The summed E-state index contributed by atoms with van der Waals surface area (Å²) in [7, 11) is 3.48. The number of oxime groups is 1. The van der Waals surface area contributed by atoms with Gasteiger partial charge in [0.25, 0.3) is 0 Å². The molecule has 2 aliphatic heterocycles. The van der Waals surface area contributed by atoms with E-state index in [9.17, 15) is 30.0 Å². The molecule has 12 heteroatoms. The van der Waals surface area contributed by atoms with Gasteiger partial charge in [0.15, 0.2) is 6.29 Å². The van der Waals surface area contributed by atoms with Crippen molar-refractivity contribution < 1.29 is 49.1 Å². The SMILES string of the molecule is CC[C@H]1OC(=O)C[C@@H](O)[C@H](C)[C@@H](O[C@@H]2O[C@H](C)[C@@H](O)[C@H](N(C)C)[C@H]2O)[C@@H](CC=O)C[C@@H](C)C(=N/OCc2ccccc2)/C=C/C(C)=C/C1CO. The minimum absolute atomic E-state index is 0.0471. The molecule has 12 nitrogen and oxygen atoms in total. The lowest BCUT2D eigenvalue weighted by Gasteiger charge is -2.46. The molecular formula is C38H58N2O10. The number of aliphatic hydroxyl groups excluding tert-OH is 4. The Morgan fingerprint density at radius 1 is 1.06 bits per heavy atom. The third kappa shape index (κ3) is 11.5. The number of rotatable bonds is 10. The molecule has 1 saturated heterocycles. The number of benzene rings is 1. The summed E-state index contributed by atoms with van der Waals surface area (Å²) in [4.78, 5) is 32.9. The van der Waals surface area contributed by atoms with Gasteiger partial charge in [0, 0.05) is 24.2 Å². The van der Waals surface area contributed by atoms with Gasteiger partial charge in [-0.3, -0.25) is 4.79 Å². The predicted molar refractivity (Wildman–Crippen MR) is 189 cm³/mol. The summed E-state index contributed by atoms with van der Waals surface area (Å²) in [6.07, 6.45) is -0.0801. The summed E-state index contributed by atoms with van der Waals surface area (Å²) in [5.41, 5.74) is 2.35. The Morgan fingerprint density at radius 3 is 2.38 bits per heavy atom. The van der Waals surface area contributed by atoms with E-state index in [0.29, 0.717) is 18.6 Å². The molecule has 1 aromatic carbocycles. The first-order valence-electron chi connectivity index (χ1n) is 17.7. The number of esters is 1. The van der Waals surface area contributed by atoms with E-state index in [2.05, 4.69) is 5.16 Å². The molecule has 0 aromatic heterocycles. The third-order valence-electron chi connectivity index (χ3n) is 9.83. The number of hydrogen-bond acceptors (Lipinski definition) is 12. The summed E-state index contributed by atoms with van der Waals surface area (Å²) in [5.74, 6) is -2.64. The minimum atomic E-state index is -1.26. The summed E-state index contributed by atoms with van der Waals surface area (Å²) in [6, 6.07) is 8.93. The molecule has 3 rings (SSSR count). The highest BCUT2D eigenvalue weighted by Crippen LogP contribution is 2.34. The van der Waals surface area contributed by atoms with Crippen molar-refractivity contribution in [3.8, 4) is 0 Å². The molecule has 2 heterocycles. The van der Waals surface area contributed by atoms with Gasteiger partial charge in [-0.1, -0.05) is 74.0 Å². The van der Waals surface area contributed by atoms with Crippen LogP contribution in [-0.4, -0.2) is 113 Å². The van der Waals surface area contributed by atoms with Crippen molar-refractivity contribution in [2.24, 2.45) is 28.8 Å². The van der Waals surface area contributed by atoms with E-state index in [4.69, 9.17) is 19.0 Å². The van der Waals surface area contributed by atoms with Crippen molar-refractivity contribution in [2.75, 3.05) is 20.7 Å². The first-order chi connectivity index (χ1) is 23.8. The van der Waals surface area contributed by atoms with E-state index in [1.54, 1.807) is 32.8 Å². The van der Waals surface area contributed by atoms with Crippen molar-refractivity contribution >= 4 is 18.0 Å². The Labute approximate surface area is 296 Å². The summed E-state index contributed by atoms with van der Waals surface area (Å²) in [6.45, 7) is 9.10. The number of carbonyl (C=O) groups excluding carboxylic acids is 2. The molecule has 0 spiro atoms. The molecule has 2 aliphatic rings. The Hall–Kier alpha value is -2.97. The highest BCUT2D eigenvalue weighted by Gasteiger charge is 2.47. The fraction of sp³-hybridized carbons (Fsp3) is 0.658. The van der Waals surface area contributed by atoms with Gasteiger partial charge in [0.2, 0.25) is 0 Å². The molecule has 4 N–H and O–H groups in total. The average molecular weight is 703 g/mol. The van der Waals surface area contributed by atoms with E-state index >= 15 is 0 Å². The maximum Gasteiger partial charge on any atom is 0.308 e. The molecule has 0 bridgehead atoms. The van der Waals surface area contributed by atoms with Crippen molar-refractivity contribution in [2.45, 2.75) is 116 Å². The quantitative estimate of drug-likeness (QED) is 0.160. The van der Waals surface area contributed by atoms with Crippen LogP contribution in [0.2, 0.25) is 0 Å². The Bertz CT molecular complexity index is 1290. The van der Waals surface area contributed by atoms with Gasteiger partial charge < -0.3 is 49.2 Å². The smallest absolute Gasteiger partial charge is 0.308 e. The van der Waals surface area contributed by atoms with Gasteiger partial charge in [-0.25, -0.2) is 0 Å². The summed E-state index contributed by atoms with van der Waals surface area (Å²) in [5, 5.41) is 48.4. The van der Waals surface area contributed by atoms with Crippen molar-refractivity contribution in [1.82, 2.24) is 4.90 Å². The molecular weight excluding hydrogens is 644 g/mol. The van der Waals surface area contributed by atoms with Gasteiger partial charge in [0.05, 0.1) is 49.2 Å². The maximum absolute atomic E-state index is 13.2. The first kappa shape index (κ1) is 41.5. The number of nitrogens with zero attached hydrogens (tertiary/aromatic N) is 2. The second-order valence-corrected chi connectivity index (χ2v) is 14.0. The average Bonchev–Trinajstić information content (AvgIpc) is 3.08. The van der Waals surface area contributed by atoms with Crippen LogP contribution in [0.3, 0.4) is 0 Å². The number of aliphatic hydroxyl groups is 4. The van der Waals surface area contributed by atoms with Crippen LogP contribution in [0, 0.1) is 23.7 Å². The second-order valence-electron chi connectivity index (χ2n) is 14.0. The zero-order chi connectivity index (χ0) is 37.0. The lowest BCUT2D eigenvalue weighted by atomic mass is 9.79. The monoisotopic (exact) mass is 702 g/mol. The predicted octanol–water partition coefficient (Wildman–Crippen LogP) is 3.41. The minimum Gasteiger partial charge on any atom is -0.462 e. The molecule has 0 amide bonds. The normalized spacial score (nSPS) is 37.5. The lowest BCUT2D eigenvalue weighted by molar-refractivity contribution is -0.304. The Kier molecular flexibility index (Phi) is 16.7. The highest BCUT2D eigenvalue weighted by atomic mass is 16.7. The summed E-state index contributed by atoms with van der Waals surface area (Å²) < 4.78 is 18.3. The van der Waals surface area contributed by atoms with Gasteiger partial charge >= 0.3 is 5.97 Å². The number of allylic oxidation sites excluding steroid dienone is 3. The second kappa shape index (κ2) is 20.2. The number of aldehydes is 1. The van der Waals surface area contributed by atoms with Crippen LogP contribution in [-0.2, 0) is 35.2 Å². The van der Waals surface area contributed by atoms with Gasteiger partial charge in [0.1, 0.15) is 25.1 Å². The van der Waals surface area contributed by atoms with Crippen LogP contribution in [0.15, 0.2) is 59.3 Å². The van der Waals surface area contributed by atoms with Crippen molar-refractivity contribution in [3.63, 3.8) is 0 Å². The van der Waals surface area contributed by atoms with Crippen LogP contribution in [0.1, 0.15) is 65.9 Å².